The zero-order chi connectivity index (χ0) is 11.4. The van der Waals surface area contributed by atoms with Crippen LogP contribution >= 0.6 is 0 Å². The first-order valence-electron chi connectivity index (χ1n) is 5.31. The largest absolute Gasteiger partial charge is 0.396 e. The molecule has 1 aromatic rings. The van der Waals surface area contributed by atoms with E-state index in [4.69, 9.17) is 5.11 Å². The highest BCUT2D eigenvalue weighted by Crippen LogP contribution is 2.16. The van der Waals surface area contributed by atoms with Crippen molar-refractivity contribution in [3.8, 4) is 0 Å². The van der Waals surface area contributed by atoms with Gasteiger partial charge in [0.05, 0.1) is 0 Å². The van der Waals surface area contributed by atoms with Crippen molar-refractivity contribution < 1.29 is 9.90 Å². The Kier molecular flexibility index (Phi) is 4.04. The van der Waals surface area contributed by atoms with Gasteiger partial charge < -0.3 is 5.11 Å². The molecule has 0 amide bonds. The van der Waals surface area contributed by atoms with Crippen molar-refractivity contribution >= 4 is 5.78 Å². The number of hydrogen-bond donors (Lipinski definition) is 1. The van der Waals surface area contributed by atoms with Gasteiger partial charge in [-0.2, -0.15) is 0 Å². The summed E-state index contributed by atoms with van der Waals surface area (Å²) in [7, 11) is 0. The molecule has 1 N–H and O–H groups in total. The number of ketones is 1. The fourth-order valence-electron chi connectivity index (χ4n) is 1.41. The van der Waals surface area contributed by atoms with Gasteiger partial charge >= 0.3 is 0 Å². The van der Waals surface area contributed by atoms with E-state index in [-0.39, 0.29) is 24.2 Å². The Labute approximate surface area is 90.9 Å². The predicted octanol–water partition coefficient (Wildman–Crippen LogP) is 2.62. The lowest BCUT2D eigenvalue weighted by molar-refractivity contribution is 0.0939. The minimum atomic E-state index is 0.0334. The lowest BCUT2D eigenvalue weighted by atomic mass is 9.96. The van der Waals surface area contributed by atoms with Gasteiger partial charge in [0, 0.05) is 24.0 Å². The minimum Gasteiger partial charge on any atom is -0.396 e. The topological polar surface area (TPSA) is 37.3 Å². The van der Waals surface area contributed by atoms with Crippen LogP contribution in [0.25, 0.3) is 0 Å². The molecule has 1 rings (SSSR count). The molecule has 82 valence electrons. The second kappa shape index (κ2) is 5.08. The lowest BCUT2D eigenvalue weighted by Crippen LogP contribution is -2.07. The van der Waals surface area contributed by atoms with Gasteiger partial charge in [0.25, 0.3) is 0 Å². The number of carbonyl (C=O) groups is 1. The van der Waals surface area contributed by atoms with E-state index in [0.717, 1.165) is 11.1 Å². The molecule has 0 radical (unpaired) electrons. The van der Waals surface area contributed by atoms with E-state index >= 15 is 0 Å². The lowest BCUT2D eigenvalue weighted by Gasteiger charge is -2.09. The van der Waals surface area contributed by atoms with Crippen LogP contribution in [0.15, 0.2) is 24.3 Å². The van der Waals surface area contributed by atoms with Crippen LogP contribution in [0.5, 0.6) is 0 Å². The van der Waals surface area contributed by atoms with Gasteiger partial charge in [-0.15, -0.1) is 0 Å². The van der Waals surface area contributed by atoms with Crippen molar-refractivity contribution in [3.05, 3.63) is 35.4 Å². The number of aliphatic hydroxyl groups excluding tert-OH is 1. The summed E-state index contributed by atoms with van der Waals surface area (Å²) in [6.07, 6.45) is 0. The molecule has 1 aromatic carbocycles. The van der Waals surface area contributed by atoms with E-state index < -0.39 is 0 Å². The Hall–Kier alpha value is -1.15. The zero-order valence-corrected chi connectivity index (χ0v) is 9.53. The quantitative estimate of drug-likeness (QED) is 0.769. The molecule has 0 aromatic heterocycles. The first-order valence-corrected chi connectivity index (χ1v) is 5.31. The molecular formula is C13H18O2. The third kappa shape index (κ3) is 2.90. The summed E-state index contributed by atoms with van der Waals surface area (Å²) in [5, 5.41) is 8.99. The number of benzene rings is 1. The van der Waals surface area contributed by atoms with Crippen molar-refractivity contribution in [2.75, 3.05) is 6.61 Å². The van der Waals surface area contributed by atoms with E-state index in [1.165, 1.54) is 0 Å². The summed E-state index contributed by atoms with van der Waals surface area (Å²) in [5.41, 5.74) is 1.82. The predicted molar refractivity (Wildman–Crippen MR) is 61.1 cm³/mol. The maximum Gasteiger partial charge on any atom is 0.165 e. The van der Waals surface area contributed by atoms with Gasteiger partial charge in [0.2, 0.25) is 0 Å². The fraction of sp³-hybridized carbons (Fsp3) is 0.462. The number of aliphatic hydroxyl groups is 1. The molecule has 0 aliphatic carbocycles. The average molecular weight is 206 g/mol. The third-order valence-electron chi connectivity index (χ3n) is 2.56. The number of rotatable bonds is 4. The summed E-state index contributed by atoms with van der Waals surface area (Å²) < 4.78 is 0. The molecule has 0 aliphatic rings. The highest BCUT2D eigenvalue weighted by Gasteiger charge is 2.10. The van der Waals surface area contributed by atoms with Crippen LogP contribution < -0.4 is 0 Å². The Bertz CT molecular complexity index is 325. The van der Waals surface area contributed by atoms with Crippen LogP contribution in [-0.2, 0) is 0 Å². The normalized spacial score (nSPS) is 12.9. The van der Waals surface area contributed by atoms with Gasteiger partial charge in [-0.1, -0.05) is 45.0 Å². The second-order valence-electron chi connectivity index (χ2n) is 4.22. The van der Waals surface area contributed by atoms with E-state index in [0.29, 0.717) is 0 Å². The van der Waals surface area contributed by atoms with Crippen LogP contribution in [-0.4, -0.2) is 17.5 Å². The molecule has 15 heavy (non-hydrogen) atoms. The molecule has 0 saturated heterocycles. The Morgan fingerprint density at radius 1 is 1.20 bits per heavy atom. The molecular weight excluding hydrogens is 188 g/mol. The van der Waals surface area contributed by atoms with Crippen LogP contribution in [0.3, 0.4) is 0 Å². The summed E-state index contributed by atoms with van der Waals surface area (Å²) in [5.74, 6) is 0.331. The first kappa shape index (κ1) is 11.9. The van der Waals surface area contributed by atoms with Gasteiger partial charge in [-0.3, -0.25) is 4.79 Å². The standard InChI is InChI=1S/C13H18O2/c1-9(2)13(15)12-6-4-11(5-7-12)10(3)8-14/h4-7,9-10,14H,8H2,1-3H3. The SMILES string of the molecule is CC(C)C(=O)c1ccc(C(C)CO)cc1. The number of Topliss-reactive ketones (excluding diaryl/α,β-unsaturated/α-hetero) is 1. The van der Waals surface area contributed by atoms with E-state index in [1.807, 2.05) is 45.0 Å². The van der Waals surface area contributed by atoms with Crippen molar-refractivity contribution in [1.29, 1.82) is 0 Å². The maximum atomic E-state index is 11.6. The van der Waals surface area contributed by atoms with Gasteiger partial charge in [-0.25, -0.2) is 0 Å². The highest BCUT2D eigenvalue weighted by molar-refractivity contribution is 5.97. The Balaban J connectivity index is 2.85. The second-order valence-corrected chi connectivity index (χ2v) is 4.22. The fourth-order valence-corrected chi connectivity index (χ4v) is 1.41. The zero-order valence-electron chi connectivity index (χ0n) is 9.53. The summed E-state index contributed by atoms with van der Waals surface area (Å²) >= 11 is 0. The van der Waals surface area contributed by atoms with Crippen molar-refractivity contribution in [1.82, 2.24) is 0 Å². The van der Waals surface area contributed by atoms with Crippen LogP contribution in [0.4, 0.5) is 0 Å². The van der Waals surface area contributed by atoms with E-state index in [9.17, 15) is 4.79 Å². The first-order chi connectivity index (χ1) is 7.06. The molecule has 2 nitrogen and oxygen atoms in total. The van der Waals surface area contributed by atoms with Crippen LogP contribution in [0.1, 0.15) is 42.6 Å². The molecule has 0 bridgehead atoms. The minimum absolute atomic E-state index is 0.0334. The van der Waals surface area contributed by atoms with Gasteiger partial charge in [0.15, 0.2) is 5.78 Å². The Morgan fingerprint density at radius 3 is 2.13 bits per heavy atom. The Morgan fingerprint density at radius 2 is 1.73 bits per heavy atom. The smallest absolute Gasteiger partial charge is 0.165 e. The third-order valence-corrected chi connectivity index (χ3v) is 2.56. The molecule has 2 heteroatoms. The van der Waals surface area contributed by atoms with Crippen molar-refractivity contribution in [3.63, 3.8) is 0 Å². The molecule has 0 fully saturated rings. The monoisotopic (exact) mass is 206 g/mol. The van der Waals surface area contributed by atoms with Crippen molar-refractivity contribution in [2.24, 2.45) is 5.92 Å². The number of hydrogen-bond acceptors (Lipinski definition) is 2. The molecule has 1 atom stereocenters. The van der Waals surface area contributed by atoms with Gasteiger partial charge in [-0.05, 0) is 5.56 Å². The summed E-state index contributed by atoms with van der Waals surface area (Å²) in [4.78, 5) is 11.6. The molecule has 0 aliphatic heterocycles. The number of carbonyl (C=O) groups excluding carboxylic acids is 1. The van der Waals surface area contributed by atoms with Crippen LogP contribution in [0, 0.1) is 5.92 Å². The van der Waals surface area contributed by atoms with Crippen LogP contribution in [0.2, 0.25) is 0 Å². The van der Waals surface area contributed by atoms with E-state index in [1.54, 1.807) is 0 Å². The maximum absolute atomic E-state index is 11.6. The molecule has 0 saturated carbocycles. The van der Waals surface area contributed by atoms with Gasteiger partial charge in [0.1, 0.15) is 0 Å². The molecule has 0 heterocycles. The molecule has 1 unspecified atom stereocenters. The van der Waals surface area contributed by atoms with Crippen molar-refractivity contribution in [2.45, 2.75) is 26.7 Å². The summed E-state index contributed by atoms with van der Waals surface area (Å²) in [6.45, 7) is 5.88. The summed E-state index contributed by atoms with van der Waals surface area (Å²) in [6, 6.07) is 7.50. The average Bonchev–Trinajstić information content (AvgIpc) is 2.27. The molecule has 0 spiro atoms. The highest BCUT2D eigenvalue weighted by atomic mass is 16.3. The van der Waals surface area contributed by atoms with E-state index in [2.05, 4.69) is 0 Å².